The zero-order valence-electron chi connectivity index (χ0n) is 12.5. The lowest BCUT2D eigenvalue weighted by molar-refractivity contribution is 0.0845. The van der Waals surface area contributed by atoms with Gasteiger partial charge in [-0.25, -0.2) is 0 Å². The van der Waals surface area contributed by atoms with E-state index in [-0.39, 0.29) is 11.6 Å². The number of methoxy groups -OCH3 is 1. The Hall–Kier alpha value is -1.27. The van der Waals surface area contributed by atoms with E-state index in [9.17, 15) is 4.79 Å². The van der Waals surface area contributed by atoms with Gasteiger partial charge in [0, 0.05) is 36.0 Å². The average molecular weight is 354 g/mol. The molecular weight excluding hydrogens is 334 g/mol. The highest BCUT2D eigenvalue weighted by Gasteiger charge is 2.40. The lowest BCUT2D eigenvalue weighted by Crippen LogP contribution is -2.62. The lowest BCUT2D eigenvalue weighted by atomic mass is 9.92. The molecule has 2 heterocycles. The number of nitrogens with zero attached hydrogens (tertiary/aromatic N) is 1. The first-order chi connectivity index (χ1) is 9.96. The van der Waals surface area contributed by atoms with Crippen molar-refractivity contribution in [1.82, 2.24) is 10.2 Å². The van der Waals surface area contributed by atoms with E-state index >= 15 is 0 Å². The van der Waals surface area contributed by atoms with Crippen LogP contribution in [0.25, 0.3) is 0 Å². The standard InChI is InChI=1S/C15H20BrN3O2/c1-9-11(21-3)8-10-13(12(9)16)17-15(18-14(10)20)4-6-19(2)7-5-15/h8,17H,4-7H2,1-3H3,(H,18,20). The summed E-state index contributed by atoms with van der Waals surface area (Å²) in [6.07, 6.45) is 1.79. The highest BCUT2D eigenvalue weighted by molar-refractivity contribution is 9.10. The van der Waals surface area contributed by atoms with Crippen molar-refractivity contribution in [3.05, 3.63) is 21.7 Å². The molecule has 0 bridgehead atoms. The summed E-state index contributed by atoms with van der Waals surface area (Å²) in [4.78, 5) is 14.8. The van der Waals surface area contributed by atoms with E-state index in [1.807, 2.05) is 6.92 Å². The predicted octanol–water partition coefficient (Wildman–Crippen LogP) is 2.34. The maximum atomic E-state index is 12.5. The van der Waals surface area contributed by atoms with Gasteiger partial charge in [-0.3, -0.25) is 4.79 Å². The van der Waals surface area contributed by atoms with Crippen molar-refractivity contribution in [2.45, 2.75) is 25.4 Å². The van der Waals surface area contributed by atoms with Crippen LogP contribution in [0.1, 0.15) is 28.8 Å². The van der Waals surface area contributed by atoms with E-state index in [0.29, 0.717) is 5.56 Å². The van der Waals surface area contributed by atoms with Crippen molar-refractivity contribution in [1.29, 1.82) is 0 Å². The smallest absolute Gasteiger partial charge is 0.255 e. The summed E-state index contributed by atoms with van der Waals surface area (Å²) >= 11 is 3.61. The van der Waals surface area contributed by atoms with Gasteiger partial charge in [0.05, 0.1) is 18.4 Å². The van der Waals surface area contributed by atoms with Crippen LogP contribution < -0.4 is 15.4 Å². The van der Waals surface area contributed by atoms with Gasteiger partial charge < -0.3 is 20.3 Å². The Morgan fingerprint density at radius 1 is 1.33 bits per heavy atom. The number of fused-ring (bicyclic) bond motifs is 1. The summed E-state index contributed by atoms with van der Waals surface area (Å²) < 4.78 is 6.25. The molecule has 1 saturated heterocycles. The van der Waals surface area contributed by atoms with Crippen molar-refractivity contribution in [2.24, 2.45) is 0 Å². The summed E-state index contributed by atoms with van der Waals surface area (Å²) in [6.45, 7) is 3.92. The van der Waals surface area contributed by atoms with Crippen molar-refractivity contribution in [3.8, 4) is 5.75 Å². The summed E-state index contributed by atoms with van der Waals surface area (Å²) in [5, 5.41) is 6.72. The number of ether oxygens (including phenoxy) is 1. The number of benzene rings is 1. The molecule has 1 aromatic carbocycles. The molecule has 1 spiro atoms. The molecule has 0 aromatic heterocycles. The molecule has 1 aromatic rings. The maximum Gasteiger partial charge on any atom is 0.255 e. The van der Waals surface area contributed by atoms with Gasteiger partial charge in [-0.2, -0.15) is 0 Å². The monoisotopic (exact) mass is 353 g/mol. The largest absolute Gasteiger partial charge is 0.496 e. The fourth-order valence-corrected chi connectivity index (χ4v) is 3.55. The third-order valence-corrected chi connectivity index (χ3v) is 5.48. The number of anilines is 1. The number of carbonyl (C=O) groups excluding carboxylic acids is 1. The second-order valence-electron chi connectivity index (χ2n) is 5.90. The van der Waals surface area contributed by atoms with E-state index in [2.05, 4.69) is 38.5 Å². The minimum atomic E-state index is -0.333. The maximum absolute atomic E-state index is 12.5. The Morgan fingerprint density at radius 2 is 2.00 bits per heavy atom. The van der Waals surface area contributed by atoms with Crippen molar-refractivity contribution < 1.29 is 9.53 Å². The number of amides is 1. The zero-order valence-corrected chi connectivity index (χ0v) is 14.1. The first-order valence-electron chi connectivity index (χ1n) is 7.12. The van der Waals surface area contributed by atoms with E-state index in [1.54, 1.807) is 13.2 Å². The Labute approximate surface area is 133 Å². The van der Waals surface area contributed by atoms with Crippen LogP contribution in [-0.2, 0) is 0 Å². The minimum absolute atomic E-state index is 0.0349. The third-order valence-electron chi connectivity index (χ3n) is 4.49. The molecular formula is C15H20BrN3O2. The van der Waals surface area contributed by atoms with Gasteiger partial charge in [-0.05, 0) is 36.0 Å². The van der Waals surface area contributed by atoms with Crippen LogP contribution in [0.4, 0.5) is 5.69 Å². The normalized spacial score (nSPS) is 20.7. The molecule has 2 N–H and O–H groups in total. The number of halogens is 1. The van der Waals surface area contributed by atoms with E-state index < -0.39 is 0 Å². The van der Waals surface area contributed by atoms with Gasteiger partial charge in [0.1, 0.15) is 11.4 Å². The fraction of sp³-hybridized carbons (Fsp3) is 0.533. The summed E-state index contributed by atoms with van der Waals surface area (Å²) in [7, 11) is 3.73. The third kappa shape index (κ3) is 2.40. The number of hydrogen-bond acceptors (Lipinski definition) is 4. The Morgan fingerprint density at radius 3 is 2.62 bits per heavy atom. The molecule has 0 aliphatic carbocycles. The number of hydrogen-bond donors (Lipinski definition) is 2. The fourth-order valence-electron chi connectivity index (χ4n) is 3.04. The van der Waals surface area contributed by atoms with Gasteiger partial charge in [0.25, 0.3) is 5.91 Å². The first kappa shape index (κ1) is 14.7. The van der Waals surface area contributed by atoms with Crippen molar-refractivity contribution >= 4 is 27.5 Å². The zero-order chi connectivity index (χ0) is 15.2. The number of likely N-dealkylation sites (tertiary alicyclic amines) is 1. The average Bonchev–Trinajstić information content (AvgIpc) is 2.47. The molecule has 2 aliphatic heterocycles. The Balaban J connectivity index is 2.02. The molecule has 1 amide bonds. The quantitative estimate of drug-likeness (QED) is 0.813. The molecule has 0 radical (unpaired) electrons. The van der Waals surface area contributed by atoms with E-state index in [0.717, 1.165) is 47.4 Å². The highest BCUT2D eigenvalue weighted by Crippen LogP contribution is 2.41. The predicted molar refractivity (Wildman–Crippen MR) is 86.0 cm³/mol. The molecule has 1 fully saturated rings. The van der Waals surface area contributed by atoms with Crippen LogP contribution in [0.3, 0.4) is 0 Å². The molecule has 6 heteroatoms. The van der Waals surface area contributed by atoms with E-state index in [1.165, 1.54) is 0 Å². The number of carbonyl (C=O) groups is 1. The summed E-state index contributed by atoms with van der Waals surface area (Å²) in [5.41, 5.74) is 2.18. The van der Waals surface area contributed by atoms with Crippen LogP contribution in [-0.4, -0.2) is 43.7 Å². The van der Waals surface area contributed by atoms with Crippen LogP contribution in [0.5, 0.6) is 5.75 Å². The molecule has 0 unspecified atom stereocenters. The SMILES string of the molecule is COc1cc2c(c(Br)c1C)NC1(CCN(C)CC1)NC2=O. The molecule has 0 atom stereocenters. The van der Waals surface area contributed by atoms with Gasteiger partial charge in [0.15, 0.2) is 0 Å². The lowest BCUT2D eigenvalue weighted by Gasteiger charge is -2.45. The van der Waals surface area contributed by atoms with Crippen LogP contribution >= 0.6 is 15.9 Å². The molecule has 5 nitrogen and oxygen atoms in total. The highest BCUT2D eigenvalue weighted by atomic mass is 79.9. The topological polar surface area (TPSA) is 53.6 Å². The van der Waals surface area contributed by atoms with Crippen LogP contribution in [0.15, 0.2) is 10.5 Å². The van der Waals surface area contributed by atoms with Crippen LogP contribution in [0, 0.1) is 6.92 Å². The van der Waals surface area contributed by atoms with E-state index in [4.69, 9.17) is 4.74 Å². The van der Waals surface area contributed by atoms with Gasteiger partial charge >= 0.3 is 0 Å². The molecule has 114 valence electrons. The number of nitrogens with one attached hydrogen (secondary N) is 2. The number of piperidine rings is 1. The Bertz CT molecular complexity index is 595. The van der Waals surface area contributed by atoms with Gasteiger partial charge in [0.2, 0.25) is 0 Å². The molecule has 2 aliphatic rings. The van der Waals surface area contributed by atoms with Crippen molar-refractivity contribution in [3.63, 3.8) is 0 Å². The van der Waals surface area contributed by atoms with Crippen LogP contribution in [0.2, 0.25) is 0 Å². The van der Waals surface area contributed by atoms with Gasteiger partial charge in [-0.15, -0.1) is 0 Å². The summed E-state index contributed by atoms with van der Waals surface area (Å²) in [6, 6.07) is 1.81. The molecule has 3 rings (SSSR count). The number of rotatable bonds is 1. The summed E-state index contributed by atoms with van der Waals surface area (Å²) in [5.74, 6) is 0.684. The first-order valence-corrected chi connectivity index (χ1v) is 7.91. The molecule has 21 heavy (non-hydrogen) atoms. The minimum Gasteiger partial charge on any atom is -0.496 e. The van der Waals surface area contributed by atoms with Gasteiger partial charge in [-0.1, -0.05) is 0 Å². The molecule has 0 saturated carbocycles. The second-order valence-corrected chi connectivity index (χ2v) is 6.70. The van der Waals surface area contributed by atoms with Crippen molar-refractivity contribution in [2.75, 3.05) is 32.6 Å². The second kappa shape index (κ2) is 5.18. The Kier molecular flexibility index (Phi) is 3.61.